The number of rotatable bonds is 3. The van der Waals surface area contributed by atoms with Gasteiger partial charge in [0.2, 0.25) is 0 Å². The zero-order valence-electron chi connectivity index (χ0n) is 16.1. The molecule has 4 nitrogen and oxygen atoms in total. The Bertz CT molecular complexity index is 898. The molecule has 1 aliphatic carbocycles. The van der Waals surface area contributed by atoms with E-state index in [0.717, 1.165) is 42.7 Å². The Morgan fingerprint density at radius 1 is 1.00 bits per heavy atom. The lowest BCUT2D eigenvalue weighted by atomic mass is 9.99. The molecule has 5 heteroatoms. The first-order chi connectivity index (χ1) is 13.6. The molecule has 0 aromatic heterocycles. The average Bonchev–Trinajstić information content (AvgIpc) is 2.87. The van der Waals surface area contributed by atoms with Crippen LogP contribution >= 0.6 is 12.2 Å². The second-order valence-electron chi connectivity index (χ2n) is 7.40. The van der Waals surface area contributed by atoms with Crippen molar-refractivity contribution >= 4 is 28.8 Å². The first-order valence-electron chi connectivity index (χ1n) is 9.83. The van der Waals surface area contributed by atoms with E-state index in [9.17, 15) is 4.79 Å². The highest BCUT2D eigenvalue weighted by atomic mass is 32.1. The molecule has 0 radical (unpaired) electrons. The summed E-state index contributed by atoms with van der Waals surface area (Å²) in [5, 5.41) is 0. The number of amides is 1. The fourth-order valence-corrected chi connectivity index (χ4v) is 4.58. The summed E-state index contributed by atoms with van der Waals surface area (Å²) in [6.45, 7) is 0. The molecule has 2 aromatic rings. The van der Waals surface area contributed by atoms with E-state index in [-0.39, 0.29) is 5.91 Å². The lowest BCUT2D eigenvalue weighted by molar-refractivity contribution is 0.0692. The quantitative estimate of drug-likeness (QED) is 0.689. The molecule has 1 fully saturated rings. The van der Waals surface area contributed by atoms with Crippen molar-refractivity contribution in [2.45, 2.75) is 44.2 Å². The molecule has 0 saturated heterocycles. The third kappa shape index (κ3) is 3.35. The van der Waals surface area contributed by atoms with Gasteiger partial charge in [-0.05, 0) is 49.9 Å². The van der Waals surface area contributed by atoms with Gasteiger partial charge in [0.1, 0.15) is 22.1 Å². The van der Waals surface area contributed by atoms with Crippen molar-refractivity contribution in [3.8, 4) is 5.75 Å². The minimum absolute atomic E-state index is 0.0794. The van der Waals surface area contributed by atoms with E-state index < -0.39 is 5.66 Å². The summed E-state index contributed by atoms with van der Waals surface area (Å²) in [5.74, 6) is 0.648. The third-order valence-electron chi connectivity index (χ3n) is 5.63. The minimum Gasteiger partial charge on any atom is -0.497 e. The molecule has 0 bridgehead atoms. The number of ether oxygens (including phenoxy) is 1. The van der Waals surface area contributed by atoms with Crippen LogP contribution in [0.5, 0.6) is 5.75 Å². The topological polar surface area (TPSA) is 41.9 Å². The Kier molecular flexibility index (Phi) is 5.27. The predicted octanol–water partition coefficient (Wildman–Crippen LogP) is 5.02. The van der Waals surface area contributed by atoms with Crippen LogP contribution in [0.3, 0.4) is 0 Å². The van der Waals surface area contributed by atoms with Gasteiger partial charge in [-0.1, -0.05) is 55.4 Å². The highest BCUT2D eigenvalue weighted by Gasteiger charge is 2.48. The second-order valence-corrected chi connectivity index (χ2v) is 7.78. The maximum atomic E-state index is 13.5. The van der Waals surface area contributed by atoms with Gasteiger partial charge in [0.15, 0.2) is 0 Å². The van der Waals surface area contributed by atoms with E-state index >= 15 is 0 Å². The van der Waals surface area contributed by atoms with Gasteiger partial charge < -0.3 is 4.74 Å². The second kappa shape index (κ2) is 7.84. The summed E-state index contributed by atoms with van der Waals surface area (Å²) in [7, 11) is 1.62. The average molecular weight is 393 g/mol. The highest BCUT2D eigenvalue weighted by Crippen LogP contribution is 2.40. The molecule has 1 saturated carbocycles. The largest absolute Gasteiger partial charge is 0.497 e. The van der Waals surface area contributed by atoms with E-state index in [1.54, 1.807) is 24.1 Å². The van der Waals surface area contributed by atoms with Crippen LogP contribution in [0.4, 0.5) is 0 Å². The smallest absolute Gasteiger partial charge is 0.260 e. The van der Waals surface area contributed by atoms with Crippen LogP contribution in [0.2, 0.25) is 0 Å². The van der Waals surface area contributed by atoms with Crippen molar-refractivity contribution in [3.63, 3.8) is 0 Å². The zero-order chi connectivity index (χ0) is 19.6. The third-order valence-corrected chi connectivity index (χ3v) is 6.01. The van der Waals surface area contributed by atoms with Crippen LogP contribution in [0.15, 0.2) is 59.6 Å². The molecular weight excluding hydrogens is 368 g/mol. The number of hydrogen-bond donors (Lipinski definition) is 0. The number of nitrogens with zero attached hydrogens (tertiary/aromatic N) is 2. The van der Waals surface area contributed by atoms with Crippen LogP contribution in [-0.2, 0) is 0 Å². The molecule has 2 aliphatic rings. The first-order valence-corrected chi connectivity index (χ1v) is 10.2. The maximum absolute atomic E-state index is 13.5. The standard InChI is InChI=1S/C23H24N2O2S/c1-27-19-13-11-18(12-14-19)21(26)25-22(28)20(17-9-5-4-6-10-17)24-23(25)15-7-2-3-8-16-23/h4-6,9-14H,2-3,7-8,15-16H2,1H3. The van der Waals surface area contributed by atoms with E-state index in [4.69, 9.17) is 21.9 Å². The summed E-state index contributed by atoms with van der Waals surface area (Å²) < 4.78 is 5.22. The molecule has 2 aromatic carbocycles. The number of methoxy groups -OCH3 is 1. The number of carbonyl (C=O) groups excluding carboxylic acids is 1. The number of aliphatic imine (C=N–C) groups is 1. The number of carbonyl (C=O) groups is 1. The van der Waals surface area contributed by atoms with E-state index in [1.165, 1.54) is 12.8 Å². The highest BCUT2D eigenvalue weighted by molar-refractivity contribution is 7.82. The maximum Gasteiger partial charge on any atom is 0.260 e. The molecule has 144 valence electrons. The summed E-state index contributed by atoms with van der Waals surface area (Å²) in [4.78, 5) is 21.0. The molecule has 1 spiro atoms. The molecular formula is C23H24N2O2S. The molecule has 4 rings (SSSR count). The van der Waals surface area contributed by atoms with E-state index in [0.29, 0.717) is 10.6 Å². The number of thiocarbonyl (C=S) groups is 1. The van der Waals surface area contributed by atoms with Crippen LogP contribution in [-0.4, -0.2) is 34.3 Å². The van der Waals surface area contributed by atoms with Crippen LogP contribution in [0, 0.1) is 0 Å². The van der Waals surface area contributed by atoms with Gasteiger partial charge in [0, 0.05) is 11.1 Å². The van der Waals surface area contributed by atoms with Crippen molar-refractivity contribution in [2.75, 3.05) is 7.11 Å². The lowest BCUT2D eigenvalue weighted by Gasteiger charge is -2.35. The summed E-state index contributed by atoms with van der Waals surface area (Å²) in [6, 6.07) is 17.2. The van der Waals surface area contributed by atoms with Crippen LogP contribution in [0.25, 0.3) is 0 Å². The molecule has 0 atom stereocenters. The lowest BCUT2D eigenvalue weighted by Crippen LogP contribution is -2.49. The Morgan fingerprint density at radius 3 is 2.25 bits per heavy atom. The van der Waals surface area contributed by atoms with Crippen molar-refractivity contribution in [1.82, 2.24) is 4.90 Å². The SMILES string of the molecule is COc1ccc(C(=O)N2C(=S)C(c3ccccc3)=NC23CCCCCC3)cc1. The summed E-state index contributed by atoms with van der Waals surface area (Å²) in [5.41, 5.74) is 1.78. The Balaban J connectivity index is 1.75. The van der Waals surface area contributed by atoms with Crippen LogP contribution < -0.4 is 4.74 Å². The van der Waals surface area contributed by atoms with E-state index in [2.05, 4.69) is 0 Å². The van der Waals surface area contributed by atoms with Crippen LogP contribution in [0.1, 0.15) is 54.4 Å². The van der Waals surface area contributed by atoms with Gasteiger partial charge in [-0.15, -0.1) is 0 Å². The van der Waals surface area contributed by atoms with Gasteiger partial charge in [-0.2, -0.15) is 0 Å². The van der Waals surface area contributed by atoms with E-state index in [1.807, 2.05) is 42.5 Å². The van der Waals surface area contributed by atoms with Gasteiger partial charge >= 0.3 is 0 Å². The monoisotopic (exact) mass is 392 g/mol. The Morgan fingerprint density at radius 2 is 1.64 bits per heavy atom. The zero-order valence-corrected chi connectivity index (χ0v) is 16.9. The fourth-order valence-electron chi connectivity index (χ4n) is 4.16. The van der Waals surface area contributed by atoms with Gasteiger partial charge in [-0.25, -0.2) is 0 Å². The molecule has 1 amide bonds. The van der Waals surface area contributed by atoms with Crippen molar-refractivity contribution < 1.29 is 9.53 Å². The molecule has 28 heavy (non-hydrogen) atoms. The summed E-state index contributed by atoms with van der Waals surface area (Å²) in [6.07, 6.45) is 6.17. The predicted molar refractivity (Wildman–Crippen MR) is 115 cm³/mol. The van der Waals surface area contributed by atoms with Crippen molar-refractivity contribution in [2.24, 2.45) is 4.99 Å². The van der Waals surface area contributed by atoms with Gasteiger partial charge in [0.25, 0.3) is 5.91 Å². The Labute approximate surface area is 171 Å². The number of benzene rings is 2. The molecule has 1 heterocycles. The number of hydrogen-bond acceptors (Lipinski definition) is 4. The van der Waals surface area contributed by atoms with Crippen molar-refractivity contribution in [3.05, 3.63) is 65.7 Å². The molecule has 1 aliphatic heterocycles. The molecule has 0 unspecified atom stereocenters. The van der Waals surface area contributed by atoms with Gasteiger partial charge in [-0.3, -0.25) is 14.7 Å². The normalized spacial score (nSPS) is 18.7. The summed E-state index contributed by atoms with van der Waals surface area (Å²) >= 11 is 5.82. The first kappa shape index (κ1) is 18.8. The van der Waals surface area contributed by atoms with Gasteiger partial charge in [0.05, 0.1) is 7.11 Å². The fraction of sp³-hybridized carbons (Fsp3) is 0.348. The molecule has 0 N–H and O–H groups in total. The Hall–Kier alpha value is -2.53. The minimum atomic E-state index is -0.560. The van der Waals surface area contributed by atoms with Crippen molar-refractivity contribution in [1.29, 1.82) is 0 Å².